The Balaban J connectivity index is 1.68. The van der Waals surface area contributed by atoms with E-state index in [1.54, 1.807) is 13.0 Å². The zero-order valence-electron chi connectivity index (χ0n) is 16.3. The molecule has 0 radical (unpaired) electrons. The fourth-order valence-electron chi connectivity index (χ4n) is 3.32. The van der Waals surface area contributed by atoms with Gasteiger partial charge in [0.1, 0.15) is 17.3 Å². The van der Waals surface area contributed by atoms with Crippen molar-refractivity contribution in [2.24, 2.45) is 0 Å². The number of carbonyl (C=O) groups is 2. The summed E-state index contributed by atoms with van der Waals surface area (Å²) in [5.41, 5.74) is 1.04. The summed E-state index contributed by atoms with van der Waals surface area (Å²) in [4.78, 5) is 33.1. The molecule has 28 heavy (non-hydrogen) atoms. The number of amides is 1. The average Bonchev–Trinajstić information content (AvgIpc) is 2.85. The van der Waals surface area contributed by atoms with Gasteiger partial charge in [-0.1, -0.05) is 0 Å². The van der Waals surface area contributed by atoms with Crippen molar-refractivity contribution in [3.63, 3.8) is 0 Å². The molecule has 1 aliphatic heterocycles. The quantitative estimate of drug-likeness (QED) is 0.663. The van der Waals surface area contributed by atoms with E-state index >= 15 is 0 Å². The number of hydrogen-bond acceptors (Lipinski definition) is 6. The first-order valence-electron chi connectivity index (χ1n) is 9.35. The van der Waals surface area contributed by atoms with E-state index in [1.807, 2.05) is 24.8 Å². The van der Waals surface area contributed by atoms with Crippen molar-refractivity contribution in [3.8, 4) is 0 Å². The summed E-state index contributed by atoms with van der Waals surface area (Å²) < 4.78 is 11.3. The smallest absolute Gasteiger partial charge is 0.339 e. The first-order chi connectivity index (χ1) is 13.4. The van der Waals surface area contributed by atoms with E-state index in [1.165, 1.54) is 6.20 Å². The van der Waals surface area contributed by atoms with Gasteiger partial charge in [-0.2, -0.15) is 0 Å². The highest BCUT2D eigenvalue weighted by atomic mass is 79.9. The summed E-state index contributed by atoms with van der Waals surface area (Å²) in [6.07, 6.45) is 2.37. The van der Waals surface area contributed by atoms with Gasteiger partial charge in [-0.3, -0.25) is 4.79 Å². The molecule has 1 fully saturated rings. The van der Waals surface area contributed by atoms with Crippen LogP contribution in [0.1, 0.15) is 45.6 Å². The number of hydrogen-bond donors (Lipinski definition) is 0. The van der Waals surface area contributed by atoms with Crippen molar-refractivity contribution in [2.75, 3.05) is 37.7 Å². The number of esters is 1. The Morgan fingerprint density at radius 2 is 1.96 bits per heavy atom. The molecule has 1 amide bonds. The van der Waals surface area contributed by atoms with E-state index in [-0.39, 0.29) is 11.9 Å². The molecule has 0 aromatic carbocycles. The number of pyridine rings is 1. The summed E-state index contributed by atoms with van der Waals surface area (Å²) >= 11 is 3.47. The minimum Gasteiger partial charge on any atom is -0.465 e. The first-order valence-corrected chi connectivity index (χ1v) is 10.1. The lowest BCUT2D eigenvalue weighted by molar-refractivity contribution is 0.0525. The molecule has 3 heterocycles. The minimum absolute atomic E-state index is 0.0197. The van der Waals surface area contributed by atoms with Gasteiger partial charge >= 0.3 is 5.97 Å². The molecular formula is C20H24BrN3O4. The van der Waals surface area contributed by atoms with Crippen LogP contribution in [0.3, 0.4) is 0 Å². The van der Waals surface area contributed by atoms with Gasteiger partial charge in [-0.05, 0) is 55.3 Å². The van der Waals surface area contributed by atoms with Crippen LogP contribution >= 0.6 is 15.9 Å². The fourth-order valence-corrected chi connectivity index (χ4v) is 3.85. The number of aromatic nitrogens is 1. The van der Waals surface area contributed by atoms with Gasteiger partial charge in [-0.15, -0.1) is 0 Å². The molecule has 7 nitrogen and oxygen atoms in total. The van der Waals surface area contributed by atoms with Crippen LogP contribution < -0.4 is 4.90 Å². The van der Waals surface area contributed by atoms with Crippen LogP contribution in [-0.2, 0) is 4.74 Å². The lowest BCUT2D eigenvalue weighted by Crippen LogP contribution is -2.35. The summed E-state index contributed by atoms with van der Waals surface area (Å²) in [6.45, 7) is 8.48. The highest BCUT2D eigenvalue weighted by molar-refractivity contribution is 9.10. The third kappa shape index (κ3) is 4.22. The van der Waals surface area contributed by atoms with Crippen LogP contribution in [0, 0.1) is 13.8 Å². The van der Waals surface area contributed by atoms with E-state index in [0.29, 0.717) is 48.9 Å². The summed E-state index contributed by atoms with van der Waals surface area (Å²) in [5.74, 6) is 1.74. The number of aryl methyl sites for hydroxylation is 2. The number of nitrogens with zero attached hydrogens (tertiary/aromatic N) is 3. The zero-order chi connectivity index (χ0) is 20.3. The maximum Gasteiger partial charge on any atom is 0.339 e. The predicted octanol–water partition coefficient (Wildman–Crippen LogP) is 3.58. The summed E-state index contributed by atoms with van der Waals surface area (Å²) in [6, 6.07) is 3.55. The molecule has 0 bridgehead atoms. The number of anilines is 1. The number of carbonyl (C=O) groups excluding carboxylic acids is 2. The van der Waals surface area contributed by atoms with Crippen molar-refractivity contribution in [3.05, 3.63) is 45.4 Å². The monoisotopic (exact) mass is 449 g/mol. The van der Waals surface area contributed by atoms with Gasteiger partial charge in [0.15, 0.2) is 0 Å². The first kappa shape index (κ1) is 20.4. The molecule has 0 aliphatic carbocycles. The second-order valence-electron chi connectivity index (χ2n) is 6.66. The van der Waals surface area contributed by atoms with Gasteiger partial charge in [-0.25, -0.2) is 9.78 Å². The molecule has 1 aliphatic rings. The number of ether oxygens (including phenoxy) is 1. The standard InChI is InChI=1S/C20H24BrN3O4/c1-4-27-20(26)15-6-7-16(22-12-15)23-8-5-9-24(11-10-23)19(25)17-13(2)28-14(3)18(17)21/h6-7,12H,4-5,8-11H2,1-3H3. The van der Waals surface area contributed by atoms with Crippen LogP contribution in [0.2, 0.25) is 0 Å². The van der Waals surface area contributed by atoms with Crippen molar-refractivity contribution >= 4 is 33.6 Å². The maximum absolute atomic E-state index is 13.0. The Morgan fingerprint density at radius 3 is 2.57 bits per heavy atom. The van der Waals surface area contributed by atoms with Crippen LogP contribution in [0.5, 0.6) is 0 Å². The molecule has 0 saturated carbocycles. The molecule has 0 atom stereocenters. The zero-order valence-corrected chi connectivity index (χ0v) is 17.9. The molecule has 8 heteroatoms. The number of furan rings is 1. The van der Waals surface area contributed by atoms with Gasteiger partial charge in [0.2, 0.25) is 0 Å². The highest BCUT2D eigenvalue weighted by Gasteiger charge is 2.26. The Kier molecular flexibility index (Phi) is 6.39. The average molecular weight is 450 g/mol. The Morgan fingerprint density at radius 1 is 1.18 bits per heavy atom. The molecule has 2 aromatic heterocycles. The molecular weight excluding hydrogens is 426 g/mol. The third-order valence-corrected chi connectivity index (χ3v) is 5.72. The second-order valence-corrected chi connectivity index (χ2v) is 7.45. The molecule has 0 unspecified atom stereocenters. The van der Waals surface area contributed by atoms with Crippen molar-refractivity contribution in [1.82, 2.24) is 9.88 Å². The molecule has 150 valence electrons. The normalized spacial score (nSPS) is 14.7. The van der Waals surface area contributed by atoms with Crippen LogP contribution in [0.4, 0.5) is 5.82 Å². The maximum atomic E-state index is 13.0. The van der Waals surface area contributed by atoms with E-state index in [4.69, 9.17) is 9.15 Å². The van der Waals surface area contributed by atoms with E-state index in [0.717, 1.165) is 23.3 Å². The lowest BCUT2D eigenvalue weighted by atomic mass is 10.2. The fraction of sp³-hybridized carbons (Fsp3) is 0.450. The van der Waals surface area contributed by atoms with Crippen molar-refractivity contribution in [2.45, 2.75) is 27.2 Å². The molecule has 3 rings (SSSR count). The molecule has 1 saturated heterocycles. The largest absolute Gasteiger partial charge is 0.465 e. The van der Waals surface area contributed by atoms with E-state index in [9.17, 15) is 9.59 Å². The van der Waals surface area contributed by atoms with E-state index < -0.39 is 0 Å². The molecule has 0 spiro atoms. The summed E-state index contributed by atoms with van der Waals surface area (Å²) in [7, 11) is 0. The SMILES string of the molecule is CCOC(=O)c1ccc(N2CCCN(C(=O)c3c(C)oc(C)c3Br)CC2)nc1. The van der Waals surface area contributed by atoms with Gasteiger partial charge in [0, 0.05) is 32.4 Å². The number of rotatable bonds is 4. The van der Waals surface area contributed by atoms with Crippen LogP contribution in [0.25, 0.3) is 0 Å². The Hall–Kier alpha value is -2.35. The molecule has 0 N–H and O–H groups in total. The van der Waals surface area contributed by atoms with Gasteiger partial charge < -0.3 is 19.0 Å². The van der Waals surface area contributed by atoms with Crippen molar-refractivity contribution in [1.29, 1.82) is 0 Å². The molecule has 2 aromatic rings. The highest BCUT2D eigenvalue weighted by Crippen LogP contribution is 2.29. The lowest BCUT2D eigenvalue weighted by Gasteiger charge is -2.23. The minimum atomic E-state index is -0.370. The van der Waals surface area contributed by atoms with Gasteiger partial charge in [0.05, 0.1) is 22.2 Å². The third-order valence-electron chi connectivity index (χ3n) is 4.77. The van der Waals surface area contributed by atoms with Gasteiger partial charge in [0.25, 0.3) is 5.91 Å². The summed E-state index contributed by atoms with van der Waals surface area (Å²) in [5, 5.41) is 0. The Labute approximate surface area is 172 Å². The van der Waals surface area contributed by atoms with E-state index in [2.05, 4.69) is 25.8 Å². The number of halogens is 1. The van der Waals surface area contributed by atoms with Crippen molar-refractivity contribution < 1.29 is 18.7 Å². The van der Waals surface area contributed by atoms with Crippen LogP contribution in [-0.4, -0.2) is 54.5 Å². The second kappa shape index (κ2) is 8.77. The topological polar surface area (TPSA) is 75.9 Å². The van der Waals surface area contributed by atoms with Crippen LogP contribution in [0.15, 0.2) is 27.2 Å². The Bertz CT molecular complexity index is 863. The predicted molar refractivity (Wildman–Crippen MR) is 109 cm³/mol.